The van der Waals surface area contributed by atoms with Crippen LogP contribution in [0.5, 0.6) is 0 Å². The minimum Gasteiger partial charge on any atom is -0.381 e. The van der Waals surface area contributed by atoms with Crippen molar-refractivity contribution in [2.45, 2.75) is 6.54 Å². The summed E-state index contributed by atoms with van der Waals surface area (Å²) in [7, 11) is 0. The second kappa shape index (κ2) is 5.69. The maximum absolute atomic E-state index is 8.98. The van der Waals surface area contributed by atoms with Crippen LogP contribution in [0.15, 0.2) is 48.5 Å². The van der Waals surface area contributed by atoms with Gasteiger partial charge in [0.15, 0.2) is 0 Å². The van der Waals surface area contributed by atoms with Gasteiger partial charge < -0.3 is 5.32 Å². The van der Waals surface area contributed by atoms with Gasteiger partial charge in [-0.25, -0.2) is 0 Å². The molecule has 0 unspecified atom stereocenters. The lowest BCUT2D eigenvalue weighted by Crippen LogP contribution is -2.01. The van der Waals surface area contributed by atoms with Gasteiger partial charge in [-0.2, -0.15) is 5.26 Å². The summed E-state index contributed by atoms with van der Waals surface area (Å²) in [6.45, 7) is 0.670. The fourth-order valence-electron chi connectivity index (χ4n) is 1.58. The molecule has 0 saturated carbocycles. The first-order chi connectivity index (χ1) is 8.29. The SMILES string of the molecule is N#Cc1ccccc1CNc1cccc(I)c1. The summed E-state index contributed by atoms with van der Waals surface area (Å²) in [6, 6.07) is 18.0. The van der Waals surface area contributed by atoms with Crippen LogP contribution in [0.25, 0.3) is 0 Å². The van der Waals surface area contributed by atoms with E-state index < -0.39 is 0 Å². The number of halogens is 1. The van der Waals surface area contributed by atoms with Crippen molar-refractivity contribution < 1.29 is 0 Å². The lowest BCUT2D eigenvalue weighted by atomic mass is 10.1. The van der Waals surface area contributed by atoms with Crippen LogP contribution in [-0.2, 0) is 6.54 Å². The Labute approximate surface area is 114 Å². The standard InChI is InChI=1S/C14H11IN2/c15-13-6-3-7-14(8-13)17-10-12-5-2-1-4-11(12)9-16/h1-8,17H,10H2. The van der Waals surface area contributed by atoms with Gasteiger partial charge in [-0.15, -0.1) is 0 Å². The van der Waals surface area contributed by atoms with E-state index in [2.05, 4.69) is 46.1 Å². The Morgan fingerprint density at radius 1 is 1.12 bits per heavy atom. The summed E-state index contributed by atoms with van der Waals surface area (Å²) in [5.74, 6) is 0. The molecule has 0 radical (unpaired) electrons. The molecule has 1 N–H and O–H groups in total. The highest BCUT2D eigenvalue weighted by molar-refractivity contribution is 14.1. The van der Waals surface area contributed by atoms with E-state index in [9.17, 15) is 0 Å². The Kier molecular flexibility index (Phi) is 3.99. The lowest BCUT2D eigenvalue weighted by molar-refractivity contribution is 1.14. The zero-order valence-corrected chi connectivity index (χ0v) is 11.3. The number of rotatable bonds is 3. The molecule has 0 spiro atoms. The van der Waals surface area contributed by atoms with Crippen molar-refractivity contribution in [3.8, 4) is 6.07 Å². The van der Waals surface area contributed by atoms with Crippen molar-refractivity contribution in [2.75, 3.05) is 5.32 Å². The molecule has 0 fully saturated rings. The summed E-state index contributed by atoms with van der Waals surface area (Å²) in [6.07, 6.45) is 0. The van der Waals surface area contributed by atoms with E-state index in [1.54, 1.807) is 0 Å². The monoisotopic (exact) mass is 334 g/mol. The number of hydrogen-bond donors (Lipinski definition) is 1. The van der Waals surface area contributed by atoms with Gasteiger partial charge >= 0.3 is 0 Å². The summed E-state index contributed by atoms with van der Waals surface area (Å²) in [5, 5.41) is 12.3. The average molecular weight is 334 g/mol. The Morgan fingerprint density at radius 3 is 2.71 bits per heavy atom. The molecule has 0 heterocycles. The van der Waals surface area contributed by atoms with Crippen molar-refractivity contribution in [1.29, 1.82) is 5.26 Å². The normalized spacial score (nSPS) is 9.65. The summed E-state index contributed by atoms with van der Waals surface area (Å²) in [5.41, 5.74) is 2.82. The van der Waals surface area contributed by atoms with Gasteiger partial charge in [0.25, 0.3) is 0 Å². The number of nitrogens with one attached hydrogen (secondary N) is 1. The smallest absolute Gasteiger partial charge is 0.0995 e. The quantitative estimate of drug-likeness (QED) is 0.868. The second-order valence-electron chi connectivity index (χ2n) is 3.63. The minimum absolute atomic E-state index is 0.670. The largest absolute Gasteiger partial charge is 0.381 e. The summed E-state index contributed by atoms with van der Waals surface area (Å²) < 4.78 is 1.20. The Hall–Kier alpha value is -1.54. The summed E-state index contributed by atoms with van der Waals surface area (Å²) in [4.78, 5) is 0. The molecule has 0 aromatic heterocycles. The molecule has 2 aromatic rings. The van der Waals surface area contributed by atoms with Gasteiger partial charge in [-0.3, -0.25) is 0 Å². The van der Waals surface area contributed by atoms with E-state index in [0.717, 1.165) is 16.8 Å². The zero-order chi connectivity index (χ0) is 12.1. The van der Waals surface area contributed by atoms with Crippen LogP contribution in [0.4, 0.5) is 5.69 Å². The molecule has 2 rings (SSSR count). The Morgan fingerprint density at radius 2 is 1.94 bits per heavy atom. The molecule has 2 nitrogen and oxygen atoms in total. The van der Waals surface area contributed by atoms with E-state index in [4.69, 9.17) is 5.26 Å². The van der Waals surface area contributed by atoms with Crippen LogP contribution in [0.3, 0.4) is 0 Å². The maximum atomic E-state index is 8.98. The van der Waals surface area contributed by atoms with Gasteiger partial charge in [0.2, 0.25) is 0 Å². The zero-order valence-electron chi connectivity index (χ0n) is 9.15. The van der Waals surface area contributed by atoms with Crippen LogP contribution in [0.1, 0.15) is 11.1 Å². The highest BCUT2D eigenvalue weighted by Crippen LogP contribution is 2.15. The van der Waals surface area contributed by atoms with Gasteiger partial charge in [-0.1, -0.05) is 24.3 Å². The maximum Gasteiger partial charge on any atom is 0.0995 e. The molecule has 3 heteroatoms. The molecule has 0 saturated heterocycles. The number of nitriles is 1. The molecule has 0 bridgehead atoms. The number of nitrogens with zero attached hydrogens (tertiary/aromatic N) is 1. The Balaban J connectivity index is 2.10. The fraction of sp³-hybridized carbons (Fsp3) is 0.0714. The molecule has 0 aliphatic heterocycles. The molecule has 0 atom stereocenters. The topological polar surface area (TPSA) is 35.8 Å². The molecule has 84 valence electrons. The molecular formula is C14H11IN2. The third-order valence-corrected chi connectivity index (χ3v) is 3.12. The highest BCUT2D eigenvalue weighted by Gasteiger charge is 2.00. The van der Waals surface area contributed by atoms with Gasteiger partial charge in [-0.05, 0) is 52.4 Å². The average Bonchev–Trinajstić information content (AvgIpc) is 2.37. The number of benzene rings is 2. The van der Waals surface area contributed by atoms with E-state index >= 15 is 0 Å². The predicted molar refractivity (Wildman–Crippen MR) is 77.6 cm³/mol. The number of hydrogen-bond acceptors (Lipinski definition) is 2. The lowest BCUT2D eigenvalue weighted by Gasteiger charge is -2.08. The molecule has 17 heavy (non-hydrogen) atoms. The molecule has 0 aliphatic carbocycles. The third kappa shape index (κ3) is 3.21. The van der Waals surface area contributed by atoms with Crippen molar-refractivity contribution in [3.05, 3.63) is 63.2 Å². The number of anilines is 1. The van der Waals surface area contributed by atoms with Crippen molar-refractivity contribution in [3.63, 3.8) is 0 Å². The third-order valence-electron chi connectivity index (χ3n) is 2.45. The van der Waals surface area contributed by atoms with Crippen molar-refractivity contribution in [1.82, 2.24) is 0 Å². The van der Waals surface area contributed by atoms with Gasteiger partial charge in [0.05, 0.1) is 11.6 Å². The van der Waals surface area contributed by atoms with E-state index in [-0.39, 0.29) is 0 Å². The molecule has 0 amide bonds. The molecular weight excluding hydrogens is 323 g/mol. The van der Waals surface area contributed by atoms with E-state index in [1.807, 2.05) is 36.4 Å². The van der Waals surface area contributed by atoms with Crippen LogP contribution in [0.2, 0.25) is 0 Å². The van der Waals surface area contributed by atoms with Crippen molar-refractivity contribution in [2.24, 2.45) is 0 Å². The first kappa shape index (κ1) is 11.9. The molecule has 2 aromatic carbocycles. The van der Waals surface area contributed by atoms with Crippen LogP contribution in [-0.4, -0.2) is 0 Å². The first-order valence-electron chi connectivity index (χ1n) is 5.27. The predicted octanol–water partition coefficient (Wildman–Crippen LogP) is 3.77. The fourth-order valence-corrected chi connectivity index (χ4v) is 2.12. The molecule has 0 aliphatic rings. The first-order valence-corrected chi connectivity index (χ1v) is 6.35. The van der Waals surface area contributed by atoms with Crippen molar-refractivity contribution >= 4 is 28.3 Å². The Bertz CT molecular complexity index is 558. The van der Waals surface area contributed by atoms with Crippen LogP contribution in [0, 0.1) is 14.9 Å². The summed E-state index contributed by atoms with van der Waals surface area (Å²) >= 11 is 2.28. The van der Waals surface area contributed by atoms with Crippen LogP contribution >= 0.6 is 22.6 Å². The van der Waals surface area contributed by atoms with Gasteiger partial charge in [0.1, 0.15) is 0 Å². The van der Waals surface area contributed by atoms with E-state index in [0.29, 0.717) is 6.54 Å². The second-order valence-corrected chi connectivity index (χ2v) is 4.88. The van der Waals surface area contributed by atoms with E-state index in [1.165, 1.54) is 3.57 Å². The minimum atomic E-state index is 0.670. The highest BCUT2D eigenvalue weighted by atomic mass is 127. The van der Waals surface area contributed by atoms with Gasteiger partial charge in [0, 0.05) is 15.8 Å². The van der Waals surface area contributed by atoms with Crippen LogP contribution < -0.4 is 5.32 Å².